The minimum absolute atomic E-state index is 0.142. The summed E-state index contributed by atoms with van der Waals surface area (Å²) in [6.45, 7) is 2.15. The molecule has 0 radical (unpaired) electrons. The van der Waals surface area contributed by atoms with Gasteiger partial charge in [0.2, 0.25) is 0 Å². The van der Waals surface area contributed by atoms with Crippen LogP contribution in [0.1, 0.15) is 43.5 Å². The number of aromatic nitrogens is 5. The van der Waals surface area contributed by atoms with Crippen LogP contribution >= 0.6 is 0 Å². The third kappa shape index (κ3) is 3.29. The minimum atomic E-state index is -0.265. The number of aromatic amines is 1. The van der Waals surface area contributed by atoms with E-state index in [1.807, 2.05) is 18.5 Å². The van der Waals surface area contributed by atoms with E-state index in [0.717, 1.165) is 52.8 Å². The molecule has 146 valence electrons. The number of allylic oxidation sites excluding steroid dienone is 1. The maximum absolute atomic E-state index is 13.3. The van der Waals surface area contributed by atoms with E-state index in [1.165, 1.54) is 17.7 Å². The summed E-state index contributed by atoms with van der Waals surface area (Å²) < 4.78 is 15.1. The molecule has 3 heterocycles. The molecular weight excluding hydrogens is 367 g/mol. The number of pyridine rings is 1. The van der Waals surface area contributed by atoms with Gasteiger partial charge in [-0.15, -0.1) is 0 Å². The second kappa shape index (κ2) is 7.16. The molecule has 2 N–H and O–H groups in total. The van der Waals surface area contributed by atoms with E-state index in [9.17, 15) is 4.39 Å². The summed E-state index contributed by atoms with van der Waals surface area (Å²) in [6, 6.07) is 8.46. The number of benzene rings is 1. The maximum atomic E-state index is 13.3. The van der Waals surface area contributed by atoms with Gasteiger partial charge in [0.15, 0.2) is 0 Å². The quantitative estimate of drug-likeness (QED) is 0.509. The molecular formula is C22H21FN6. The lowest BCUT2D eigenvalue weighted by atomic mass is 10.1. The van der Waals surface area contributed by atoms with Crippen molar-refractivity contribution in [3.63, 3.8) is 0 Å². The zero-order valence-corrected chi connectivity index (χ0v) is 16.1. The Bertz CT molecular complexity index is 1170. The largest absolute Gasteiger partial charge is 0.376 e. The third-order valence-corrected chi connectivity index (χ3v) is 5.32. The van der Waals surface area contributed by atoms with Gasteiger partial charge in [-0.05, 0) is 55.2 Å². The van der Waals surface area contributed by atoms with Crippen LogP contribution in [0.25, 0.3) is 22.3 Å². The Balaban J connectivity index is 1.57. The molecule has 0 amide bonds. The predicted molar refractivity (Wildman–Crippen MR) is 110 cm³/mol. The van der Waals surface area contributed by atoms with Crippen molar-refractivity contribution in [2.45, 2.75) is 32.2 Å². The number of H-pyrrole nitrogens is 1. The van der Waals surface area contributed by atoms with Crippen molar-refractivity contribution in [3.8, 4) is 5.69 Å². The molecule has 1 saturated carbocycles. The van der Waals surface area contributed by atoms with E-state index in [0.29, 0.717) is 0 Å². The SMILES string of the molecule is CC[C@H](NC(=C1CC1)c1cncc2c1cnn2-c1ccc(F)cc1)c1ccn[nH]1. The van der Waals surface area contributed by atoms with Crippen LogP contribution in [-0.2, 0) is 0 Å². The summed E-state index contributed by atoms with van der Waals surface area (Å²) >= 11 is 0. The van der Waals surface area contributed by atoms with Gasteiger partial charge in [0.25, 0.3) is 0 Å². The van der Waals surface area contributed by atoms with Crippen molar-refractivity contribution in [3.05, 3.63) is 77.8 Å². The highest BCUT2D eigenvalue weighted by atomic mass is 19.1. The lowest BCUT2D eigenvalue weighted by molar-refractivity contribution is 0.593. The smallest absolute Gasteiger partial charge is 0.123 e. The van der Waals surface area contributed by atoms with Crippen LogP contribution in [0.2, 0.25) is 0 Å². The van der Waals surface area contributed by atoms with Gasteiger partial charge < -0.3 is 5.32 Å². The van der Waals surface area contributed by atoms with E-state index in [2.05, 4.69) is 32.5 Å². The predicted octanol–water partition coefficient (Wildman–Crippen LogP) is 4.53. The van der Waals surface area contributed by atoms with Crippen LogP contribution < -0.4 is 5.32 Å². The average Bonchev–Trinajstić information content (AvgIpc) is 3.25. The van der Waals surface area contributed by atoms with Crippen molar-refractivity contribution in [2.75, 3.05) is 0 Å². The van der Waals surface area contributed by atoms with E-state index < -0.39 is 0 Å². The van der Waals surface area contributed by atoms with Gasteiger partial charge in [-0.25, -0.2) is 9.07 Å². The van der Waals surface area contributed by atoms with Crippen LogP contribution in [-0.4, -0.2) is 25.0 Å². The number of nitrogens with zero attached hydrogens (tertiary/aromatic N) is 4. The number of halogens is 1. The van der Waals surface area contributed by atoms with E-state index >= 15 is 0 Å². The Morgan fingerprint density at radius 1 is 1.17 bits per heavy atom. The number of nitrogens with one attached hydrogen (secondary N) is 2. The van der Waals surface area contributed by atoms with Crippen molar-refractivity contribution in [1.29, 1.82) is 0 Å². The summed E-state index contributed by atoms with van der Waals surface area (Å²) in [4.78, 5) is 4.49. The van der Waals surface area contributed by atoms with Crippen molar-refractivity contribution < 1.29 is 4.39 Å². The number of hydrogen-bond acceptors (Lipinski definition) is 4. The lowest BCUT2D eigenvalue weighted by Gasteiger charge is -2.20. The van der Waals surface area contributed by atoms with Gasteiger partial charge in [-0.1, -0.05) is 6.92 Å². The van der Waals surface area contributed by atoms with Crippen LogP contribution in [0.5, 0.6) is 0 Å². The number of fused-ring (bicyclic) bond motifs is 1. The highest BCUT2D eigenvalue weighted by Gasteiger charge is 2.24. The number of hydrogen-bond donors (Lipinski definition) is 2. The first-order valence-corrected chi connectivity index (χ1v) is 9.80. The van der Waals surface area contributed by atoms with Crippen molar-refractivity contribution >= 4 is 16.6 Å². The van der Waals surface area contributed by atoms with Gasteiger partial charge in [0, 0.05) is 29.0 Å². The first-order chi connectivity index (χ1) is 14.2. The summed E-state index contributed by atoms with van der Waals surface area (Å²) in [5.74, 6) is -0.265. The monoisotopic (exact) mass is 388 g/mol. The standard InChI is InChI=1S/C22H21FN6/c1-2-19(20-9-10-25-28-20)27-22(14-3-4-14)18-11-24-13-21-17(18)12-26-29(21)16-7-5-15(23)6-8-16/h5-13,19,27H,2-4H2,1H3,(H,25,28)/t19-/m0/s1. The topological polar surface area (TPSA) is 71.4 Å². The molecule has 0 aliphatic heterocycles. The van der Waals surface area contributed by atoms with Gasteiger partial charge in [-0.3, -0.25) is 10.1 Å². The van der Waals surface area contributed by atoms with Crippen LogP contribution in [0.15, 0.2) is 60.7 Å². The highest BCUT2D eigenvalue weighted by molar-refractivity contribution is 5.92. The summed E-state index contributed by atoms with van der Waals surface area (Å²) in [5, 5.41) is 16.5. The molecule has 0 bridgehead atoms. The van der Waals surface area contributed by atoms with E-state index in [-0.39, 0.29) is 11.9 Å². The molecule has 0 unspecified atom stereocenters. The first-order valence-electron chi connectivity index (χ1n) is 9.80. The average molecular weight is 388 g/mol. The molecule has 4 aromatic rings. The Morgan fingerprint density at radius 3 is 2.69 bits per heavy atom. The Morgan fingerprint density at radius 2 is 2.00 bits per heavy atom. The van der Waals surface area contributed by atoms with Gasteiger partial charge in [0.05, 0.1) is 35.3 Å². The fourth-order valence-electron chi connectivity index (χ4n) is 3.65. The zero-order valence-electron chi connectivity index (χ0n) is 16.1. The molecule has 0 saturated heterocycles. The Hall–Kier alpha value is -3.48. The fraction of sp³-hybridized carbons (Fsp3) is 0.227. The van der Waals surface area contributed by atoms with E-state index in [1.54, 1.807) is 29.2 Å². The van der Waals surface area contributed by atoms with E-state index in [4.69, 9.17) is 0 Å². The molecule has 29 heavy (non-hydrogen) atoms. The second-order valence-electron chi connectivity index (χ2n) is 7.25. The minimum Gasteiger partial charge on any atom is -0.376 e. The van der Waals surface area contributed by atoms with Crippen LogP contribution in [0, 0.1) is 5.82 Å². The molecule has 7 heteroatoms. The second-order valence-corrected chi connectivity index (χ2v) is 7.25. The van der Waals surface area contributed by atoms with Gasteiger partial charge in [0.1, 0.15) is 5.82 Å². The van der Waals surface area contributed by atoms with Crippen molar-refractivity contribution in [2.24, 2.45) is 0 Å². The Labute approximate surface area is 167 Å². The van der Waals surface area contributed by atoms with Gasteiger partial charge >= 0.3 is 0 Å². The summed E-state index contributed by atoms with van der Waals surface area (Å²) in [7, 11) is 0. The summed E-state index contributed by atoms with van der Waals surface area (Å²) in [5.41, 5.74) is 6.33. The zero-order chi connectivity index (χ0) is 19.8. The molecule has 6 nitrogen and oxygen atoms in total. The normalized spacial score (nSPS) is 14.2. The molecule has 1 aromatic carbocycles. The molecule has 1 aliphatic carbocycles. The molecule has 5 rings (SSSR count). The number of rotatable bonds is 6. The van der Waals surface area contributed by atoms with Crippen molar-refractivity contribution in [1.82, 2.24) is 30.3 Å². The molecule has 0 spiro atoms. The molecule has 1 fully saturated rings. The van der Waals surface area contributed by atoms with Crippen LogP contribution in [0.4, 0.5) is 4.39 Å². The molecule has 1 aliphatic rings. The fourth-order valence-corrected chi connectivity index (χ4v) is 3.65. The van der Waals surface area contributed by atoms with Gasteiger partial charge in [-0.2, -0.15) is 10.2 Å². The summed E-state index contributed by atoms with van der Waals surface area (Å²) in [6.07, 6.45) is 10.4. The van der Waals surface area contributed by atoms with Crippen LogP contribution in [0.3, 0.4) is 0 Å². The first kappa shape index (κ1) is 17.6. The maximum Gasteiger partial charge on any atom is 0.123 e. The Kier molecular flexibility index (Phi) is 4.35. The lowest BCUT2D eigenvalue weighted by Crippen LogP contribution is -2.20. The molecule has 1 atom stereocenters. The third-order valence-electron chi connectivity index (χ3n) is 5.32. The molecule has 3 aromatic heterocycles. The highest BCUT2D eigenvalue weighted by Crippen LogP contribution is 2.38.